The van der Waals surface area contributed by atoms with Gasteiger partial charge in [-0.1, -0.05) is 24.3 Å². The molecular weight excluding hydrogens is 264 g/mol. The molecule has 1 fully saturated rings. The zero-order valence-electron chi connectivity index (χ0n) is 12.3. The third-order valence-corrected chi connectivity index (χ3v) is 4.88. The summed E-state index contributed by atoms with van der Waals surface area (Å²) >= 11 is 0. The maximum absolute atomic E-state index is 12.8. The fraction of sp³-hybridized carbons (Fsp3) is 0.529. The second-order valence-corrected chi connectivity index (χ2v) is 6.15. The minimum atomic E-state index is -0.231. The molecule has 0 radical (unpaired) electrons. The molecule has 1 atom stereocenters. The largest absolute Gasteiger partial charge is 0.369 e. The lowest BCUT2D eigenvalue weighted by Gasteiger charge is -2.35. The number of hydrogen-bond donors (Lipinski definition) is 1. The Kier molecular flexibility index (Phi) is 3.95. The van der Waals surface area contributed by atoms with Crippen LogP contribution < -0.4 is 5.73 Å². The maximum Gasteiger partial charge on any atom is 0.230 e. The number of benzene rings is 1. The van der Waals surface area contributed by atoms with Gasteiger partial charge in [-0.15, -0.1) is 0 Å². The SMILES string of the molecule is NC(=O)C1CCN(C(=O)[C@H]2CCCc3ccccc32)CC1. The molecule has 4 nitrogen and oxygen atoms in total. The zero-order valence-corrected chi connectivity index (χ0v) is 12.3. The molecule has 0 aromatic heterocycles. The van der Waals surface area contributed by atoms with Gasteiger partial charge in [-0.3, -0.25) is 9.59 Å². The summed E-state index contributed by atoms with van der Waals surface area (Å²) in [5.74, 6) is -0.0667. The third-order valence-electron chi connectivity index (χ3n) is 4.88. The number of piperidine rings is 1. The first kappa shape index (κ1) is 14.1. The Hall–Kier alpha value is -1.84. The van der Waals surface area contributed by atoms with Gasteiger partial charge in [-0.05, 0) is 43.2 Å². The van der Waals surface area contributed by atoms with Gasteiger partial charge in [0.2, 0.25) is 11.8 Å². The van der Waals surface area contributed by atoms with Crippen LogP contribution in [-0.4, -0.2) is 29.8 Å². The van der Waals surface area contributed by atoms with Crippen molar-refractivity contribution >= 4 is 11.8 Å². The van der Waals surface area contributed by atoms with Crippen molar-refractivity contribution < 1.29 is 9.59 Å². The molecule has 0 bridgehead atoms. The molecular formula is C17H22N2O2. The van der Waals surface area contributed by atoms with E-state index in [0.717, 1.165) is 19.3 Å². The molecule has 3 rings (SSSR count). The van der Waals surface area contributed by atoms with Crippen molar-refractivity contribution in [2.75, 3.05) is 13.1 Å². The molecule has 1 aromatic carbocycles. The molecule has 2 amide bonds. The number of rotatable bonds is 2. The van der Waals surface area contributed by atoms with E-state index in [1.807, 2.05) is 17.0 Å². The van der Waals surface area contributed by atoms with Gasteiger partial charge in [0.05, 0.1) is 5.92 Å². The number of hydrogen-bond acceptors (Lipinski definition) is 2. The Labute approximate surface area is 125 Å². The molecule has 1 aliphatic heterocycles. The summed E-state index contributed by atoms with van der Waals surface area (Å²) in [6, 6.07) is 8.29. The average Bonchev–Trinajstić information content (AvgIpc) is 2.53. The Morgan fingerprint density at radius 1 is 1.10 bits per heavy atom. The summed E-state index contributed by atoms with van der Waals surface area (Å²) in [5.41, 5.74) is 7.87. The predicted molar refractivity (Wildman–Crippen MR) is 80.6 cm³/mol. The highest BCUT2D eigenvalue weighted by Gasteiger charge is 2.32. The van der Waals surface area contributed by atoms with Gasteiger partial charge in [0.15, 0.2) is 0 Å². The minimum Gasteiger partial charge on any atom is -0.369 e. The summed E-state index contributed by atoms with van der Waals surface area (Å²) < 4.78 is 0. The van der Waals surface area contributed by atoms with Crippen molar-refractivity contribution in [2.24, 2.45) is 11.7 Å². The quantitative estimate of drug-likeness (QED) is 0.901. The van der Waals surface area contributed by atoms with Crippen molar-refractivity contribution in [3.63, 3.8) is 0 Å². The van der Waals surface area contributed by atoms with Crippen molar-refractivity contribution in [3.05, 3.63) is 35.4 Å². The van der Waals surface area contributed by atoms with E-state index in [4.69, 9.17) is 5.73 Å². The number of aryl methyl sites for hydroxylation is 1. The van der Waals surface area contributed by atoms with Crippen molar-refractivity contribution in [2.45, 2.75) is 38.0 Å². The normalized spacial score (nSPS) is 22.7. The summed E-state index contributed by atoms with van der Waals surface area (Å²) in [7, 11) is 0. The second kappa shape index (κ2) is 5.88. The molecule has 1 heterocycles. The Morgan fingerprint density at radius 2 is 1.81 bits per heavy atom. The van der Waals surface area contributed by atoms with Gasteiger partial charge in [-0.2, -0.15) is 0 Å². The van der Waals surface area contributed by atoms with Crippen LogP contribution in [0, 0.1) is 5.92 Å². The number of nitrogens with zero attached hydrogens (tertiary/aromatic N) is 1. The second-order valence-electron chi connectivity index (χ2n) is 6.15. The Bertz CT molecular complexity index is 547. The van der Waals surface area contributed by atoms with Crippen LogP contribution in [0.4, 0.5) is 0 Å². The van der Waals surface area contributed by atoms with E-state index in [1.54, 1.807) is 0 Å². The third kappa shape index (κ3) is 2.80. The molecule has 4 heteroatoms. The first-order valence-electron chi connectivity index (χ1n) is 7.82. The van der Waals surface area contributed by atoms with E-state index in [-0.39, 0.29) is 23.7 Å². The highest BCUT2D eigenvalue weighted by atomic mass is 16.2. The molecule has 0 spiro atoms. The van der Waals surface area contributed by atoms with Crippen LogP contribution in [0.5, 0.6) is 0 Å². The number of likely N-dealkylation sites (tertiary alicyclic amines) is 1. The number of carbonyl (C=O) groups excluding carboxylic acids is 2. The number of nitrogens with two attached hydrogens (primary N) is 1. The highest BCUT2D eigenvalue weighted by molar-refractivity contribution is 5.85. The topological polar surface area (TPSA) is 63.4 Å². The van der Waals surface area contributed by atoms with E-state index in [9.17, 15) is 9.59 Å². The molecule has 2 aliphatic rings. The van der Waals surface area contributed by atoms with Crippen LogP contribution in [0.2, 0.25) is 0 Å². The first-order chi connectivity index (χ1) is 10.2. The monoisotopic (exact) mass is 286 g/mol. The molecule has 21 heavy (non-hydrogen) atoms. The lowest BCUT2D eigenvalue weighted by molar-refractivity contribution is -0.136. The summed E-state index contributed by atoms with van der Waals surface area (Å²) in [6.07, 6.45) is 4.49. The van der Waals surface area contributed by atoms with Crippen LogP contribution in [0.1, 0.15) is 42.7 Å². The van der Waals surface area contributed by atoms with Crippen LogP contribution in [0.3, 0.4) is 0 Å². The van der Waals surface area contributed by atoms with E-state index in [0.29, 0.717) is 25.9 Å². The average molecular weight is 286 g/mol. The van der Waals surface area contributed by atoms with Gasteiger partial charge in [-0.25, -0.2) is 0 Å². The predicted octanol–water partition coefficient (Wildman–Crippen LogP) is 1.83. The smallest absolute Gasteiger partial charge is 0.230 e. The van der Waals surface area contributed by atoms with E-state index < -0.39 is 0 Å². The highest BCUT2D eigenvalue weighted by Crippen LogP contribution is 2.33. The molecule has 2 N–H and O–H groups in total. The lowest BCUT2D eigenvalue weighted by Crippen LogP contribution is -2.44. The van der Waals surface area contributed by atoms with Crippen LogP contribution >= 0.6 is 0 Å². The number of fused-ring (bicyclic) bond motifs is 1. The van der Waals surface area contributed by atoms with Gasteiger partial charge in [0, 0.05) is 19.0 Å². The van der Waals surface area contributed by atoms with Crippen molar-refractivity contribution in [1.82, 2.24) is 4.90 Å². The minimum absolute atomic E-state index is 0.0000723. The van der Waals surface area contributed by atoms with E-state index in [1.165, 1.54) is 11.1 Å². The van der Waals surface area contributed by atoms with Crippen LogP contribution in [-0.2, 0) is 16.0 Å². The van der Waals surface area contributed by atoms with Crippen molar-refractivity contribution in [3.8, 4) is 0 Å². The Balaban J connectivity index is 1.71. The molecule has 112 valence electrons. The summed E-state index contributed by atoms with van der Waals surface area (Å²) in [4.78, 5) is 25.9. The lowest BCUT2D eigenvalue weighted by atomic mass is 9.81. The van der Waals surface area contributed by atoms with E-state index >= 15 is 0 Å². The number of carbonyl (C=O) groups is 2. The molecule has 0 saturated carbocycles. The van der Waals surface area contributed by atoms with Crippen LogP contribution in [0.15, 0.2) is 24.3 Å². The molecule has 1 saturated heterocycles. The first-order valence-corrected chi connectivity index (χ1v) is 7.82. The summed E-state index contributed by atoms with van der Waals surface area (Å²) in [6.45, 7) is 1.32. The summed E-state index contributed by atoms with van der Waals surface area (Å²) in [5, 5.41) is 0. The standard InChI is InChI=1S/C17H22N2O2/c18-16(20)13-8-10-19(11-9-13)17(21)15-7-3-5-12-4-1-2-6-14(12)15/h1-2,4,6,13,15H,3,5,7-11H2,(H2,18,20)/t15-/m0/s1. The molecule has 1 aliphatic carbocycles. The van der Waals surface area contributed by atoms with Gasteiger partial charge < -0.3 is 10.6 Å². The fourth-order valence-corrected chi connectivity index (χ4v) is 3.62. The van der Waals surface area contributed by atoms with Crippen molar-refractivity contribution in [1.29, 1.82) is 0 Å². The Morgan fingerprint density at radius 3 is 2.52 bits per heavy atom. The fourth-order valence-electron chi connectivity index (χ4n) is 3.62. The van der Waals surface area contributed by atoms with Gasteiger partial charge >= 0.3 is 0 Å². The van der Waals surface area contributed by atoms with Crippen LogP contribution in [0.25, 0.3) is 0 Å². The van der Waals surface area contributed by atoms with E-state index in [2.05, 4.69) is 12.1 Å². The number of primary amides is 1. The zero-order chi connectivity index (χ0) is 14.8. The number of amides is 2. The van der Waals surface area contributed by atoms with Gasteiger partial charge in [0.1, 0.15) is 0 Å². The maximum atomic E-state index is 12.8. The molecule has 1 aromatic rings. The van der Waals surface area contributed by atoms with Gasteiger partial charge in [0.25, 0.3) is 0 Å². The molecule has 0 unspecified atom stereocenters.